The van der Waals surface area contributed by atoms with E-state index in [0.29, 0.717) is 15.9 Å². The van der Waals surface area contributed by atoms with E-state index in [0.717, 1.165) is 25.7 Å². The third-order valence-electron chi connectivity index (χ3n) is 4.81. The molecule has 152 valence electrons. The van der Waals surface area contributed by atoms with Gasteiger partial charge in [0.1, 0.15) is 17.4 Å². The number of aromatic nitrogens is 2. The lowest BCUT2D eigenvalue weighted by Gasteiger charge is -2.13. The summed E-state index contributed by atoms with van der Waals surface area (Å²) in [6, 6.07) is 16.2. The predicted molar refractivity (Wildman–Crippen MR) is 121 cm³/mol. The third-order valence-corrected chi connectivity index (χ3v) is 6.38. The van der Waals surface area contributed by atoms with E-state index in [-0.39, 0.29) is 12.1 Å². The number of para-hydroxylation sites is 1. The number of nitrogens with one attached hydrogen (secondary N) is 1. The Hall–Kier alpha value is -3.43. The molecule has 0 spiro atoms. The minimum absolute atomic E-state index is 0.283. The van der Waals surface area contributed by atoms with Gasteiger partial charge in [0.2, 0.25) is 5.91 Å². The van der Waals surface area contributed by atoms with Gasteiger partial charge in [-0.3, -0.25) is 19.3 Å². The fraction of sp³-hybridized carbons (Fsp3) is 0.0455. The number of anilines is 1. The molecule has 0 unspecified atom stereocenters. The van der Waals surface area contributed by atoms with Gasteiger partial charge in [-0.05, 0) is 42.5 Å². The van der Waals surface area contributed by atoms with E-state index in [1.54, 1.807) is 41.8 Å². The Bertz CT molecular complexity index is 1330. The van der Waals surface area contributed by atoms with Gasteiger partial charge in [-0.1, -0.05) is 28.1 Å². The van der Waals surface area contributed by atoms with E-state index in [1.165, 1.54) is 0 Å². The number of halogens is 1. The number of fused-ring (bicyclic) bond motifs is 2. The molecule has 0 fully saturated rings. The molecule has 0 saturated heterocycles. The quantitative estimate of drug-likeness (QED) is 0.427. The van der Waals surface area contributed by atoms with Crippen LogP contribution in [0, 0.1) is 0 Å². The molecule has 5 rings (SSSR count). The van der Waals surface area contributed by atoms with Crippen molar-refractivity contribution >= 4 is 61.0 Å². The number of hydrogen-bond acceptors (Lipinski definition) is 6. The largest absolute Gasteiger partial charge is 0.309 e. The first kappa shape index (κ1) is 19.5. The van der Waals surface area contributed by atoms with Gasteiger partial charge in [0.05, 0.1) is 21.3 Å². The van der Waals surface area contributed by atoms with Crippen LogP contribution in [0.5, 0.6) is 0 Å². The number of carbonyl (C=O) groups excluding carboxylic acids is 3. The number of nitrogens with zero attached hydrogens (tertiary/aromatic N) is 3. The minimum Gasteiger partial charge on any atom is -0.309 e. The van der Waals surface area contributed by atoms with Crippen molar-refractivity contribution in [2.45, 2.75) is 0 Å². The topological polar surface area (TPSA) is 92.3 Å². The summed E-state index contributed by atoms with van der Waals surface area (Å²) < 4.78 is 1.78. The van der Waals surface area contributed by atoms with Crippen LogP contribution in [0.15, 0.2) is 65.3 Å². The van der Waals surface area contributed by atoms with Gasteiger partial charge in [0, 0.05) is 16.2 Å². The van der Waals surface area contributed by atoms with Gasteiger partial charge in [-0.25, -0.2) is 9.97 Å². The second kappa shape index (κ2) is 7.68. The summed E-state index contributed by atoms with van der Waals surface area (Å²) in [7, 11) is 0. The van der Waals surface area contributed by atoms with Crippen molar-refractivity contribution in [3.63, 3.8) is 0 Å². The smallest absolute Gasteiger partial charge is 0.262 e. The summed E-state index contributed by atoms with van der Waals surface area (Å²) >= 11 is 4.85. The molecule has 1 N–H and O–H groups in total. The van der Waals surface area contributed by atoms with Crippen LogP contribution in [0.4, 0.5) is 5.82 Å². The van der Waals surface area contributed by atoms with E-state index in [4.69, 9.17) is 0 Å². The highest BCUT2D eigenvalue weighted by molar-refractivity contribution is 9.10. The number of carbonyl (C=O) groups is 3. The van der Waals surface area contributed by atoms with Gasteiger partial charge in [-0.15, -0.1) is 11.3 Å². The Labute approximate surface area is 188 Å². The number of rotatable bonds is 4. The molecule has 0 aliphatic carbocycles. The first-order chi connectivity index (χ1) is 15.0. The van der Waals surface area contributed by atoms with Crippen molar-refractivity contribution in [3.05, 3.63) is 76.4 Å². The van der Waals surface area contributed by atoms with Crippen LogP contribution in [-0.2, 0) is 4.79 Å². The van der Waals surface area contributed by atoms with Crippen molar-refractivity contribution in [1.82, 2.24) is 14.9 Å². The summed E-state index contributed by atoms with van der Waals surface area (Å²) in [4.78, 5) is 47.2. The first-order valence-corrected chi connectivity index (χ1v) is 10.9. The predicted octanol–water partition coefficient (Wildman–Crippen LogP) is 4.36. The van der Waals surface area contributed by atoms with Gasteiger partial charge in [0.15, 0.2) is 0 Å². The van der Waals surface area contributed by atoms with Crippen LogP contribution in [0.1, 0.15) is 20.7 Å². The first-order valence-electron chi connectivity index (χ1n) is 9.27. The molecule has 1 aliphatic heterocycles. The summed E-state index contributed by atoms with van der Waals surface area (Å²) in [5, 5.41) is 3.47. The molecule has 3 heterocycles. The summed E-state index contributed by atoms with van der Waals surface area (Å²) in [6.07, 6.45) is 1.63. The van der Waals surface area contributed by atoms with Crippen molar-refractivity contribution in [2.24, 2.45) is 0 Å². The lowest BCUT2D eigenvalue weighted by Crippen LogP contribution is -2.37. The standard InChI is InChI=1S/C22H13BrN4O3S/c23-13-6-7-14-15(9-13)22(30)27(21(14)29)11-19(28)26-18-8-5-12(10-24-18)20-25-16-3-1-2-4-17(16)31-20/h1-10H,11H2,(H,24,26,28). The molecule has 1 aliphatic rings. The maximum Gasteiger partial charge on any atom is 0.262 e. The van der Waals surface area contributed by atoms with Crippen LogP contribution in [-0.4, -0.2) is 39.1 Å². The van der Waals surface area contributed by atoms with Crippen LogP contribution in [0.2, 0.25) is 0 Å². The zero-order chi connectivity index (χ0) is 21.5. The third kappa shape index (κ3) is 3.62. The molecular weight excluding hydrogens is 480 g/mol. The molecule has 0 saturated carbocycles. The molecule has 2 aromatic carbocycles. The molecule has 0 atom stereocenters. The Balaban J connectivity index is 1.28. The Kier molecular flexibility index (Phi) is 4.84. The van der Waals surface area contributed by atoms with Crippen LogP contribution < -0.4 is 5.32 Å². The number of amides is 3. The average molecular weight is 493 g/mol. The molecule has 3 amide bonds. The molecule has 7 nitrogen and oxygen atoms in total. The summed E-state index contributed by atoms with van der Waals surface area (Å²) in [6.45, 7) is -0.384. The minimum atomic E-state index is -0.506. The van der Waals surface area contributed by atoms with E-state index in [2.05, 4.69) is 31.2 Å². The number of hydrogen-bond donors (Lipinski definition) is 1. The van der Waals surface area contributed by atoms with E-state index >= 15 is 0 Å². The maximum absolute atomic E-state index is 12.5. The highest BCUT2D eigenvalue weighted by Gasteiger charge is 2.36. The zero-order valence-electron chi connectivity index (χ0n) is 15.8. The van der Waals surface area contributed by atoms with Gasteiger partial charge < -0.3 is 5.32 Å². The number of pyridine rings is 1. The number of benzene rings is 2. The summed E-state index contributed by atoms with van der Waals surface area (Å²) in [5.41, 5.74) is 2.34. The van der Waals surface area contributed by atoms with Crippen molar-refractivity contribution in [2.75, 3.05) is 11.9 Å². The molecule has 0 bridgehead atoms. The van der Waals surface area contributed by atoms with Crippen LogP contribution >= 0.6 is 27.3 Å². The van der Waals surface area contributed by atoms with Crippen molar-refractivity contribution in [3.8, 4) is 10.6 Å². The fourth-order valence-corrected chi connectivity index (χ4v) is 4.64. The van der Waals surface area contributed by atoms with Crippen LogP contribution in [0.25, 0.3) is 20.8 Å². The van der Waals surface area contributed by atoms with E-state index < -0.39 is 17.7 Å². The van der Waals surface area contributed by atoms with Gasteiger partial charge in [0.25, 0.3) is 11.8 Å². The van der Waals surface area contributed by atoms with Crippen LogP contribution in [0.3, 0.4) is 0 Å². The zero-order valence-corrected chi connectivity index (χ0v) is 18.2. The lowest BCUT2D eigenvalue weighted by molar-refractivity contribution is -0.116. The number of thiazole rings is 1. The lowest BCUT2D eigenvalue weighted by atomic mass is 10.1. The fourth-order valence-electron chi connectivity index (χ4n) is 3.32. The maximum atomic E-state index is 12.5. The van der Waals surface area contributed by atoms with Gasteiger partial charge in [-0.2, -0.15) is 0 Å². The molecule has 4 aromatic rings. The van der Waals surface area contributed by atoms with Crippen molar-refractivity contribution in [1.29, 1.82) is 0 Å². The average Bonchev–Trinajstić information content (AvgIpc) is 3.29. The van der Waals surface area contributed by atoms with Gasteiger partial charge >= 0.3 is 0 Å². The molecule has 2 aromatic heterocycles. The highest BCUT2D eigenvalue weighted by Crippen LogP contribution is 2.30. The Morgan fingerprint density at radius 3 is 2.61 bits per heavy atom. The molecular formula is C22H13BrN4O3S. The van der Waals surface area contributed by atoms with E-state index in [1.807, 2.05) is 30.3 Å². The normalized spacial score (nSPS) is 13.0. The molecule has 0 radical (unpaired) electrons. The Morgan fingerprint density at radius 1 is 1.03 bits per heavy atom. The Morgan fingerprint density at radius 2 is 1.84 bits per heavy atom. The van der Waals surface area contributed by atoms with Crippen molar-refractivity contribution < 1.29 is 14.4 Å². The molecule has 31 heavy (non-hydrogen) atoms. The second-order valence-corrected chi connectivity index (χ2v) is 8.80. The SMILES string of the molecule is O=C(CN1C(=O)c2ccc(Br)cc2C1=O)Nc1ccc(-c2nc3ccccc3s2)cn1. The summed E-state index contributed by atoms with van der Waals surface area (Å²) in [5.74, 6) is -1.15. The second-order valence-electron chi connectivity index (χ2n) is 6.85. The number of imide groups is 1. The van der Waals surface area contributed by atoms with E-state index in [9.17, 15) is 14.4 Å². The molecule has 9 heteroatoms. The monoisotopic (exact) mass is 492 g/mol. The highest BCUT2D eigenvalue weighted by atomic mass is 79.9.